The van der Waals surface area contributed by atoms with Crippen LogP contribution in [0.4, 0.5) is 13.2 Å². The van der Waals surface area contributed by atoms with E-state index in [2.05, 4.69) is 5.32 Å². The predicted octanol–water partition coefficient (Wildman–Crippen LogP) is 0.775. The molecule has 56 heavy (non-hydrogen) atoms. The standard InChI is InChI=1S/C34H32N2O13.C2HF3O2/c1-5-45-34(44)23-7-6-8-26(47-18(3)38)29(23)31(41)30-25(40)13-21(14-27(30)48-19(4)39)33(43)49-28-16-35-15-24(28)36-32(42)20-9-11-22(12-10-20)46-17(2)37;3-2(4,5)1(6)7/h6-14,24,28,35,40H,5,15-16H2,1-4H3,(H,36,42);(H,6,7)/t24-,28-;/m1./s1. The normalized spacial score (nSPS) is 14.6. The highest BCUT2D eigenvalue weighted by molar-refractivity contribution is 6.19. The van der Waals surface area contributed by atoms with E-state index < -0.39 is 88.5 Å². The highest BCUT2D eigenvalue weighted by Crippen LogP contribution is 2.36. The molecule has 4 rings (SSSR count). The largest absolute Gasteiger partial charge is 0.542 e. The van der Waals surface area contributed by atoms with Crippen LogP contribution in [0.3, 0.4) is 0 Å². The fourth-order valence-electron chi connectivity index (χ4n) is 5.03. The van der Waals surface area contributed by atoms with E-state index in [0.29, 0.717) is 6.54 Å². The van der Waals surface area contributed by atoms with Crippen LogP contribution in [-0.2, 0) is 28.7 Å². The summed E-state index contributed by atoms with van der Waals surface area (Å²) in [6, 6.07) is 11.0. The predicted molar refractivity (Wildman–Crippen MR) is 177 cm³/mol. The number of benzene rings is 3. The Balaban J connectivity index is 0.00000109. The zero-order chi connectivity index (χ0) is 41.9. The molecule has 1 amide bonds. The molecule has 17 nitrogen and oxygen atoms in total. The van der Waals surface area contributed by atoms with Gasteiger partial charge in [0.25, 0.3) is 5.91 Å². The maximum Gasteiger partial charge on any atom is 0.430 e. The molecule has 4 N–H and O–H groups in total. The van der Waals surface area contributed by atoms with Crippen LogP contribution < -0.4 is 30.0 Å². The monoisotopic (exact) mass is 790 g/mol. The summed E-state index contributed by atoms with van der Waals surface area (Å²) < 4.78 is 57.6. The molecule has 1 aliphatic heterocycles. The van der Waals surface area contributed by atoms with Gasteiger partial charge in [0.2, 0.25) is 5.78 Å². The third kappa shape index (κ3) is 11.8. The Morgan fingerprint density at radius 1 is 0.804 bits per heavy atom. The number of alkyl halides is 3. The number of halogens is 3. The fraction of sp³-hybridized carbons (Fsp3) is 0.278. The zero-order valence-electron chi connectivity index (χ0n) is 29.8. The van der Waals surface area contributed by atoms with Crippen molar-refractivity contribution in [1.29, 1.82) is 0 Å². The summed E-state index contributed by atoms with van der Waals surface area (Å²) in [4.78, 5) is 96.7. The van der Waals surface area contributed by atoms with Gasteiger partial charge in [0, 0.05) is 26.3 Å². The minimum atomic E-state index is -5.19. The Morgan fingerprint density at radius 2 is 1.39 bits per heavy atom. The van der Waals surface area contributed by atoms with E-state index in [1.54, 1.807) is 6.92 Å². The molecular weight excluding hydrogens is 757 g/mol. The number of carbonyl (C=O) groups is 8. The van der Waals surface area contributed by atoms with Crippen molar-refractivity contribution in [3.05, 3.63) is 82.4 Å². The number of carbonyl (C=O) groups excluding carboxylic acids is 8. The molecule has 20 heteroatoms. The lowest BCUT2D eigenvalue weighted by atomic mass is 9.95. The molecule has 3 aromatic carbocycles. The maximum atomic E-state index is 14.0. The molecule has 0 aliphatic carbocycles. The lowest BCUT2D eigenvalue weighted by Gasteiger charge is -2.19. The minimum absolute atomic E-state index is 0.0426. The first-order valence-electron chi connectivity index (χ1n) is 16.2. The summed E-state index contributed by atoms with van der Waals surface area (Å²) in [5.74, 6) is -10.1. The fourth-order valence-corrected chi connectivity index (χ4v) is 5.03. The number of phenols is 1. The number of rotatable bonds is 11. The third-order valence-electron chi connectivity index (χ3n) is 7.25. The molecule has 0 bridgehead atoms. The molecule has 0 aromatic heterocycles. The smallest absolute Gasteiger partial charge is 0.430 e. The van der Waals surface area contributed by atoms with E-state index in [1.165, 1.54) is 49.4 Å². The van der Waals surface area contributed by atoms with Crippen LogP contribution in [0.1, 0.15) is 74.7 Å². The second-order valence-electron chi connectivity index (χ2n) is 11.5. The van der Waals surface area contributed by atoms with Gasteiger partial charge in [-0.25, -0.2) is 9.59 Å². The number of amides is 1. The number of esters is 5. The molecule has 3 aromatic rings. The lowest BCUT2D eigenvalue weighted by Crippen LogP contribution is -2.82. The van der Waals surface area contributed by atoms with Gasteiger partial charge in [-0.2, -0.15) is 13.2 Å². The van der Waals surface area contributed by atoms with Crippen molar-refractivity contribution in [2.24, 2.45) is 0 Å². The van der Waals surface area contributed by atoms with Crippen LogP contribution in [0.2, 0.25) is 0 Å². The van der Waals surface area contributed by atoms with Crippen LogP contribution in [0.15, 0.2) is 54.6 Å². The number of carboxylic acid groups (broad SMARTS) is 1. The number of quaternary nitrogens is 1. The number of aliphatic carboxylic acids is 1. The lowest BCUT2D eigenvalue weighted by molar-refractivity contribution is -0.638. The molecule has 1 aliphatic rings. The van der Waals surface area contributed by atoms with Gasteiger partial charge in [0.05, 0.1) is 23.3 Å². The van der Waals surface area contributed by atoms with E-state index >= 15 is 0 Å². The zero-order valence-corrected chi connectivity index (χ0v) is 29.8. The highest BCUT2D eigenvalue weighted by Gasteiger charge is 2.37. The number of ketones is 1. The van der Waals surface area contributed by atoms with E-state index in [0.717, 1.165) is 26.0 Å². The summed E-state index contributed by atoms with van der Waals surface area (Å²) in [5, 5.41) is 24.5. The molecule has 0 radical (unpaired) electrons. The molecule has 1 saturated heterocycles. The molecule has 0 spiro atoms. The van der Waals surface area contributed by atoms with Crippen LogP contribution in [0.25, 0.3) is 0 Å². The van der Waals surface area contributed by atoms with Gasteiger partial charge in [-0.3, -0.25) is 24.0 Å². The van der Waals surface area contributed by atoms with Crippen molar-refractivity contribution in [3.63, 3.8) is 0 Å². The van der Waals surface area contributed by atoms with Gasteiger partial charge in [-0.15, -0.1) is 0 Å². The minimum Gasteiger partial charge on any atom is -0.542 e. The van der Waals surface area contributed by atoms with Crippen LogP contribution in [-0.4, -0.2) is 90.6 Å². The van der Waals surface area contributed by atoms with Gasteiger partial charge in [-0.05, 0) is 55.5 Å². The Hall–Kier alpha value is -6.83. The highest BCUT2D eigenvalue weighted by atomic mass is 19.4. The Labute approximate surface area is 314 Å². The van der Waals surface area contributed by atoms with Gasteiger partial charge >= 0.3 is 36.0 Å². The number of ether oxygens (including phenoxy) is 5. The number of nitrogens with two attached hydrogens (primary N) is 1. The Bertz CT molecular complexity index is 2030. The second-order valence-corrected chi connectivity index (χ2v) is 11.5. The van der Waals surface area contributed by atoms with E-state index in [-0.39, 0.29) is 41.3 Å². The number of hydrogen-bond donors (Lipinski definition) is 3. The Morgan fingerprint density at radius 3 is 1.95 bits per heavy atom. The summed E-state index contributed by atoms with van der Waals surface area (Å²) in [5.41, 5.74) is -1.41. The summed E-state index contributed by atoms with van der Waals surface area (Å²) in [6.45, 7) is 5.52. The number of nitrogens with one attached hydrogen (secondary N) is 1. The van der Waals surface area contributed by atoms with Gasteiger partial charge in [-0.1, -0.05) is 6.07 Å². The summed E-state index contributed by atoms with van der Waals surface area (Å²) in [6.07, 6.45) is -6.01. The van der Waals surface area contributed by atoms with Gasteiger partial charge < -0.3 is 49.3 Å². The number of phenolic OH excluding ortho intramolecular Hbond substituents is 1. The molecule has 0 saturated carbocycles. The van der Waals surface area contributed by atoms with Crippen molar-refractivity contribution in [3.8, 4) is 23.0 Å². The van der Waals surface area contributed by atoms with Crippen LogP contribution in [0.5, 0.6) is 23.0 Å². The first-order chi connectivity index (χ1) is 26.2. The summed E-state index contributed by atoms with van der Waals surface area (Å²) in [7, 11) is 0. The first kappa shape index (κ1) is 43.6. The van der Waals surface area contributed by atoms with Crippen molar-refractivity contribution in [2.75, 3.05) is 19.7 Å². The molecule has 298 valence electrons. The van der Waals surface area contributed by atoms with Crippen molar-refractivity contribution in [1.82, 2.24) is 5.32 Å². The molecule has 2 atom stereocenters. The molecule has 1 heterocycles. The topological polar surface area (TPSA) is 255 Å². The SMILES string of the molecule is CCOC(=O)c1cccc(OC(C)=O)c1C(=O)c1c(O)cc(C(=O)O[C@@H]2C[NH2+]C[C@H]2NC(=O)c2ccc(OC(C)=O)cc2)cc1OC(C)=O.O=C([O-])C(F)(F)F. The molecular formula is C36H33F3N2O15. The number of aromatic hydroxyl groups is 1. The average Bonchev–Trinajstić information content (AvgIpc) is 3.53. The van der Waals surface area contributed by atoms with Crippen molar-refractivity contribution >= 4 is 47.5 Å². The van der Waals surface area contributed by atoms with E-state index in [9.17, 15) is 51.8 Å². The second kappa shape index (κ2) is 19.0. The molecule has 1 fully saturated rings. The van der Waals surface area contributed by atoms with Crippen LogP contribution >= 0.6 is 0 Å². The maximum absolute atomic E-state index is 14.0. The van der Waals surface area contributed by atoms with E-state index in [4.69, 9.17) is 33.6 Å². The summed E-state index contributed by atoms with van der Waals surface area (Å²) >= 11 is 0. The quantitative estimate of drug-likeness (QED) is 0.138. The van der Waals surface area contributed by atoms with E-state index in [1.807, 2.05) is 5.32 Å². The first-order valence-corrected chi connectivity index (χ1v) is 16.2. The average molecular weight is 791 g/mol. The van der Waals surface area contributed by atoms with Crippen molar-refractivity contribution < 1.29 is 90.7 Å². The number of carboxylic acids is 1. The third-order valence-corrected chi connectivity index (χ3v) is 7.25. The number of hydrogen-bond acceptors (Lipinski definition) is 15. The van der Waals surface area contributed by atoms with Crippen molar-refractivity contribution in [2.45, 2.75) is 46.0 Å². The van der Waals surface area contributed by atoms with Crippen LogP contribution in [0, 0.1) is 0 Å². The molecule has 0 unspecified atom stereocenters. The Kier molecular flexibility index (Phi) is 14.8. The van der Waals surface area contributed by atoms with Gasteiger partial charge in [0.1, 0.15) is 53.7 Å². The van der Waals surface area contributed by atoms with Gasteiger partial charge in [0.15, 0.2) is 6.10 Å².